The van der Waals surface area contributed by atoms with Crippen molar-refractivity contribution in [2.75, 3.05) is 13.1 Å². The second-order valence-electron chi connectivity index (χ2n) is 8.11. The zero-order valence-corrected chi connectivity index (χ0v) is 19.3. The van der Waals surface area contributed by atoms with Crippen LogP contribution in [0.25, 0.3) is 5.69 Å². The van der Waals surface area contributed by atoms with Crippen LogP contribution in [-0.4, -0.2) is 51.4 Å². The van der Waals surface area contributed by atoms with Crippen molar-refractivity contribution in [1.29, 1.82) is 0 Å². The van der Waals surface area contributed by atoms with Gasteiger partial charge >= 0.3 is 0 Å². The van der Waals surface area contributed by atoms with Crippen LogP contribution in [0.5, 0.6) is 0 Å². The van der Waals surface area contributed by atoms with Crippen LogP contribution in [0.4, 0.5) is 5.69 Å². The number of hydrogen-bond acceptors (Lipinski definition) is 7. The van der Waals surface area contributed by atoms with Gasteiger partial charge in [0, 0.05) is 37.7 Å². The summed E-state index contributed by atoms with van der Waals surface area (Å²) >= 11 is 0. The molecule has 178 valence electrons. The molecule has 1 aliphatic heterocycles. The van der Waals surface area contributed by atoms with Crippen molar-refractivity contribution in [1.82, 2.24) is 24.4 Å². The fourth-order valence-corrected chi connectivity index (χ4v) is 5.63. The summed E-state index contributed by atoms with van der Waals surface area (Å²) in [4.78, 5) is 26.9. The maximum atomic E-state index is 13.1. The Labute approximate surface area is 196 Å². The molecule has 0 unspecified atom stereocenters. The number of nitrogens with zero attached hydrogens (tertiary/aromatic N) is 5. The fraction of sp³-hybridized carbons (Fsp3) is 0.318. The molecule has 34 heavy (non-hydrogen) atoms. The SMILES string of the molecule is Cc1ccc([N+](=O)[O-])cc1S(=O)(=O)N1CCC(C(=O)NCc2ccc(-n3cncn3)cc2)CC1. The molecule has 2 heterocycles. The van der Waals surface area contributed by atoms with Gasteiger partial charge in [-0.15, -0.1) is 0 Å². The number of nitro groups is 1. The minimum atomic E-state index is -3.89. The Balaban J connectivity index is 1.33. The highest BCUT2D eigenvalue weighted by molar-refractivity contribution is 7.89. The number of nitrogens with one attached hydrogen (secondary N) is 1. The van der Waals surface area contributed by atoms with Gasteiger partial charge in [-0.05, 0) is 43.0 Å². The lowest BCUT2D eigenvalue weighted by Gasteiger charge is -2.30. The van der Waals surface area contributed by atoms with Crippen LogP contribution in [0, 0.1) is 23.0 Å². The van der Waals surface area contributed by atoms with E-state index in [4.69, 9.17) is 0 Å². The van der Waals surface area contributed by atoms with Crippen LogP contribution in [-0.2, 0) is 21.4 Å². The van der Waals surface area contributed by atoms with E-state index in [1.54, 1.807) is 17.9 Å². The molecular weight excluding hydrogens is 460 g/mol. The predicted molar refractivity (Wildman–Crippen MR) is 123 cm³/mol. The van der Waals surface area contributed by atoms with Gasteiger partial charge in [0.05, 0.1) is 15.5 Å². The molecule has 11 nitrogen and oxygen atoms in total. The van der Waals surface area contributed by atoms with E-state index >= 15 is 0 Å². The van der Waals surface area contributed by atoms with E-state index in [1.165, 1.54) is 22.8 Å². The Bertz CT molecular complexity index is 1280. The molecule has 2 aromatic carbocycles. The van der Waals surface area contributed by atoms with Crippen molar-refractivity contribution in [3.63, 3.8) is 0 Å². The molecule has 1 aliphatic rings. The number of sulfonamides is 1. The number of aromatic nitrogens is 3. The normalized spacial score (nSPS) is 15.2. The van der Waals surface area contributed by atoms with Gasteiger partial charge in [-0.2, -0.15) is 9.40 Å². The first-order valence-corrected chi connectivity index (χ1v) is 12.2. The van der Waals surface area contributed by atoms with E-state index in [0.29, 0.717) is 24.9 Å². The smallest absolute Gasteiger partial charge is 0.270 e. The molecular formula is C22H24N6O5S. The van der Waals surface area contributed by atoms with Crippen molar-refractivity contribution in [2.24, 2.45) is 5.92 Å². The lowest BCUT2D eigenvalue weighted by molar-refractivity contribution is -0.385. The second-order valence-corrected chi connectivity index (χ2v) is 10.0. The summed E-state index contributed by atoms with van der Waals surface area (Å²) in [6, 6.07) is 11.4. The van der Waals surface area contributed by atoms with Gasteiger partial charge in [0.1, 0.15) is 12.7 Å². The lowest BCUT2D eigenvalue weighted by Crippen LogP contribution is -2.43. The average molecular weight is 485 g/mol. The molecule has 0 atom stereocenters. The monoisotopic (exact) mass is 484 g/mol. The Morgan fingerprint density at radius 1 is 1.18 bits per heavy atom. The average Bonchev–Trinajstić information content (AvgIpc) is 3.38. The number of piperidine rings is 1. The van der Waals surface area contributed by atoms with Crippen LogP contribution in [0.3, 0.4) is 0 Å². The van der Waals surface area contributed by atoms with E-state index in [9.17, 15) is 23.3 Å². The zero-order valence-electron chi connectivity index (χ0n) is 18.5. The summed E-state index contributed by atoms with van der Waals surface area (Å²) in [5, 5.41) is 18.1. The van der Waals surface area contributed by atoms with Crippen molar-refractivity contribution in [3.8, 4) is 5.69 Å². The van der Waals surface area contributed by atoms with Gasteiger partial charge in [-0.3, -0.25) is 14.9 Å². The number of nitro benzene ring substituents is 1. The minimum Gasteiger partial charge on any atom is -0.352 e. The number of aryl methyl sites for hydroxylation is 1. The number of amides is 1. The van der Waals surface area contributed by atoms with E-state index in [1.807, 2.05) is 24.3 Å². The standard InChI is InChI=1S/C22H24N6O5S/c1-16-2-5-20(28(30)31)12-21(16)34(32,33)26-10-8-18(9-11-26)22(29)24-13-17-3-6-19(7-4-17)27-15-23-14-25-27/h2-7,12,14-15,18H,8-11,13H2,1H3,(H,24,29). The third-order valence-corrected chi connectivity index (χ3v) is 7.95. The molecule has 12 heteroatoms. The lowest BCUT2D eigenvalue weighted by atomic mass is 9.97. The Hall–Kier alpha value is -3.64. The summed E-state index contributed by atoms with van der Waals surface area (Å²) < 4.78 is 29.1. The van der Waals surface area contributed by atoms with Crippen LogP contribution in [0.2, 0.25) is 0 Å². The maximum Gasteiger partial charge on any atom is 0.270 e. The number of benzene rings is 2. The van der Waals surface area contributed by atoms with Gasteiger partial charge in [0.15, 0.2) is 0 Å². The summed E-state index contributed by atoms with van der Waals surface area (Å²) in [6.07, 6.45) is 3.81. The first-order valence-electron chi connectivity index (χ1n) is 10.7. The van der Waals surface area contributed by atoms with Crippen molar-refractivity contribution >= 4 is 21.6 Å². The molecule has 1 fully saturated rings. The number of hydrogen-bond donors (Lipinski definition) is 1. The molecule has 0 radical (unpaired) electrons. The molecule has 0 bridgehead atoms. The first-order chi connectivity index (χ1) is 16.3. The van der Waals surface area contributed by atoms with Gasteiger partial charge in [0.2, 0.25) is 15.9 Å². The van der Waals surface area contributed by atoms with E-state index in [0.717, 1.165) is 17.3 Å². The Kier molecular flexibility index (Phi) is 6.70. The number of carbonyl (C=O) groups is 1. The highest BCUT2D eigenvalue weighted by atomic mass is 32.2. The molecule has 0 saturated carbocycles. The maximum absolute atomic E-state index is 13.1. The van der Waals surface area contributed by atoms with Crippen LogP contribution < -0.4 is 5.32 Å². The number of carbonyl (C=O) groups excluding carboxylic acids is 1. The fourth-order valence-electron chi connectivity index (χ4n) is 3.92. The van der Waals surface area contributed by atoms with Crippen LogP contribution in [0.15, 0.2) is 60.0 Å². The molecule has 1 amide bonds. The summed E-state index contributed by atoms with van der Waals surface area (Å²) in [7, 11) is -3.89. The van der Waals surface area contributed by atoms with E-state index in [2.05, 4.69) is 15.4 Å². The molecule has 3 aromatic rings. The van der Waals surface area contributed by atoms with Gasteiger partial charge < -0.3 is 5.32 Å². The molecule has 0 aliphatic carbocycles. The van der Waals surface area contributed by atoms with Crippen LogP contribution in [0.1, 0.15) is 24.0 Å². The third-order valence-electron chi connectivity index (χ3n) is 5.91. The highest BCUT2D eigenvalue weighted by Crippen LogP contribution is 2.28. The second kappa shape index (κ2) is 9.69. The zero-order chi connectivity index (χ0) is 24.3. The summed E-state index contributed by atoms with van der Waals surface area (Å²) in [5.74, 6) is -0.420. The van der Waals surface area contributed by atoms with Crippen molar-refractivity contribution in [3.05, 3.63) is 76.4 Å². The van der Waals surface area contributed by atoms with Crippen LogP contribution >= 0.6 is 0 Å². The number of rotatable bonds is 7. The van der Waals surface area contributed by atoms with E-state index in [-0.39, 0.29) is 35.5 Å². The van der Waals surface area contributed by atoms with E-state index < -0.39 is 14.9 Å². The summed E-state index contributed by atoms with van der Waals surface area (Å²) in [5.41, 5.74) is 1.96. The first kappa shape index (κ1) is 23.5. The summed E-state index contributed by atoms with van der Waals surface area (Å²) in [6.45, 7) is 2.32. The number of non-ortho nitro benzene ring substituents is 1. The Morgan fingerprint density at radius 3 is 2.50 bits per heavy atom. The van der Waals surface area contributed by atoms with Gasteiger partial charge in [-0.1, -0.05) is 18.2 Å². The van der Waals surface area contributed by atoms with Gasteiger partial charge in [-0.25, -0.2) is 18.1 Å². The highest BCUT2D eigenvalue weighted by Gasteiger charge is 2.33. The Morgan fingerprint density at radius 2 is 1.88 bits per heavy atom. The van der Waals surface area contributed by atoms with Gasteiger partial charge in [0.25, 0.3) is 5.69 Å². The molecule has 1 saturated heterocycles. The van der Waals surface area contributed by atoms with Crippen molar-refractivity contribution in [2.45, 2.75) is 31.2 Å². The third kappa shape index (κ3) is 4.97. The molecule has 4 rings (SSSR count). The van der Waals surface area contributed by atoms with Crippen molar-refractivity contribution < 1.29 is 18.1 Å². The molecule has 0 spiro atoms. The topological polar surface area (TPSA) is 140 Å². The molecule has 1 N–H and O–H groups in total. The quantitative estimate of drug-likeness (QED) is 0.400. The molecule has 1 aromatic heterocycles. The minimum absolute atomic E-state index is 0.0704. The predicted octanol–water partition coefficient (Wildman–Crippen LogP) is 2.20. The largest absolute Gasteiger partial charge is 0.352 e.